The summed E-state index contributed by atoms with van der Waals surface area (Å²) in [4.78, 5) is 0. The smallest absolute Gasteiger partial charge is 0.261 e. The van der Waals surface area contributed by atoms with Crippen molar-refractivity contribution in [1.82, 2.24) is 4.57 Å². The molecule has 0 radical (unpaired) electrons. The first-order valence-electron chi connectivity index (χ1n) is 5.65. The first-order chi connectivity index (χ1) is 8.02. The third-order valence-electron chi connectivity index (χ3n) is 3.89. The minimum absolute atomic E-state index is 0.00976. The fourth-order valence-electron chi connectivity index (χ4n) is 2.69. The normalized spacial score (nSPS) is 26.4. The number of aryl methyl sites for hydroxylation is 1. The van der Waals surface area contributed by atoms with Crippen molar-refractivity contribution in [2.45, 2.75) is 17.8 Å². The Labute approximate surface area is 98.0 Å². The maximum absolute atomic E-state index is 13.6. The van der Waals surface area contributed by atoms with E-state index in [0.29, 0.717) is 5.69 Å². The summed E-state index contributed by atoms with van der Waals surface area (Å²) in [6, 6.07) is 9.52. The zero-order valence-corrected chi connectivity index (χ0v) is 9.58. The summed E-state index contributed by atoms with van der Waals surface area (Å²) in [5, 5.41) is 0.987. The summed E-state index contributed by atoms with van der Waals surface area (Å²) >= 11 is 0. The van der Waals surface area contributed by atoms with Gasteiger partial charge in [-0.05, 0) is 17.5 Å². The van der Waals surface area contributed by atoms with Crippen LogP contribution in [0, 0.1) is 0 Å². The molecule has 1 aliphatic rings. The van der Waals surface area contributed by atoms with Gasteiger partial charge in [0.15, 0.2) is 0 Å². The number of nitrogens with zero attached hydrogens (tertiary/aromatic N) is 1. The van der Waals surface area contributed by atoms with Gasteiger partial charge in [-0.2, -0.15) is 0 Å². The van der Waals surface area contributed by atoms with Crippen molar-refractivity contribution in [2.75, 3.05) is 6.54 Å². The summed E-state index contributed by atoms with van der Waals surface area (Å²) < 4.78 is 28.9. The molecule has 2 N–H and O–H groups in total. The first-order valence-corrected chi connectivity index (χ1v) is 5.65. The van der Waals surface area contributed by atoms with E-state index in [1.165, 1.54) is 0 Å². The second-order valence-corrected chi connectivity index (χ2v) is 4.81. The van der Waals surface area contributed by atoms with Gasteiger partial charge in [0.05, 0.1) is 5.41 Å². The van der Waals surface area contributed by atoms with Crippen molar-refractivity contribution >= 4 is 10.9 Å². The Morgan fingerprint density at radius 3 is 2.53 bits per heavy atom. The first kappa shape index (κ1) is 10.7. The van der Waals surface area contributed by atoms with E-state index >= 15 is 0 Å². The topological polar surface area (TPSA) is 30.9 Å². The Balaban J connectivity index is 2.22. The zero-order chi connectivity index (χ0) is 12.3. The fraction of sp³-hybridized carbons (Fsp3) is 0.385. The van der Waals surface area contributed by atoms with Crippen LogP contribution in [0.15, 0.2) is 30.3 Å². The van der Waals surface area contributed by atoms with Crippen LogP contribution in [-0.4, -0.2) is 17.0 Å². The maximum Gasteiger partial charge on any atom is 0.261 e. The van der Waals surface area contributed by atoms with E-state index in [1.807, 2.05) is 41.9 Å². The molecule has 1 unspecified atom stereocenters. The molecule has 1 heterocycles. The number of fused-ring (bicyclic) bond motifs is 1. The van der Waals surface area contributed by atoms with Gasteiger partial charge in [0.2, 0.25) is 0 Å². The molecule has 1 saturated carbocycles. The fourth-order valence-corrected chi connectivity index (χ4v) is 2.69. The molecule has 1 atom stereocenters. The Bertz CT molecular complexity index is 588. The van der Waals surface area contributed by atoms with E-state index in [0.717, 1.165) is 10.9 Å². The van der Waals surface area contributed by atoms with Crippen molar-refractivity contribution < 1.29 is 8.78 Å². The summed E-state index contributed by atoms with van der Waals surface area (Å²) in [5.41, 5.74) is 6.04. The molecule has 0 aliphatic heterocycles. The lowest BCUT2D eigenvalue weighted by Gasteiger charge is -2.15. The molecular formula is C13H14F2N2. The van der Waals surface area contributed by atoms with Gasteiger partial charge in [-0.25, -0.2) is 8.78 Å². The number of aromatic nitrogens is 1. The third kappa shape index (κ3) is 1.21. The van der Waals surface area contributed by atoms with Crippen LogP contribution in [-0.2, 0) is 12.5 Å². The molecule has 4 heteroatoms. The zero-order valence-electron chi connectivity index (χ0n) is 9.58. The lowest BCUT2D eigenvalue weighted by molar-refractivity contribution is 0.0880. The molecule has 90 valence electrons. The van der Waals surface area contributed by atoms with Gasteiger partial charge in [0.1, 0.15) is 0 Å². The van der Waals surface area contributed by atoms with Crippen LogP contribution in [0.3, 0.4) is 0 Å². The van der Waals surface area contributed by atoms with Crippen molar-refractivity contribution in [3.8, 4) is 0 Å². The van der Waals surface area contributed by atoms with E-state index in [-0.39, 0.29) is 13.0 Å². The number of benzene rings is 1. The van der Waals surface area contributed by atoms with Gasteiger partial charge in [-0.1, -0.05) is 18.2 Å². The highest BCUT2D eigenvalue weighted by Gasteiger charge is 2.72. The quantitative estimate of drug-likeness (QED) is 0.853. The van der Waals surface area contributed by atoms with Gasteiger partial charge in [-0.3, -0.25) is 0 Å². The Morgan fingerprint density at radius 1 is 1.35 bits per heavy atom. The van der Waals surface area contributed by atoms with E-state index in [2.05, 4.69) is 0 Å². The van der Waals surface area contributed by atoms with Crippen LogP contribution in [0.25, 0.3) is 10.9 Å². The van der Waals surface area contributed by atoms with E-state index in [4.69, 9.17) is 5.73 Å². The lowest BCUT2D eigenvalue weighted by Crippen LogP contribution is -2.28. The van der Waals surface area contributed by atoms with Gasteiger partial charge >= 0.3 is 0 Å². The van der Waals surface area contributed by atoms with Crippen molar-refractivity contribution in [3.63, 3.8) is 0 Å². The number of para-hydroxylation sites is 1. The molecule has 2 aromatic rings. The highest BCUT2D eigenvalue weighted by Crippen LogP contribution is 2.61. The Morgan fingerprint density at radius 2 is 2.00 bits per heavy atom. The van der Waals surface area contributed by atoms with Crippen LogP contribution in [0.4, 0.5) is 8.78 Å². The largest absolute Gasteiger partial charge is 0.347 e. The molecule has 0 amide bonds. The van der Waals surface area contributed by atoms with Crippen LogP contribution in [0.5, 0.6) is 0 Å². The second kappa shape index (κ2) is 3.07. The van der Waals surface area contributed by atoms with E-state index < -0.39 is 11.3 Å². The van der Waals surface area contributed by atoms with Crippen molar-refractivity contribution in [2.24, 2.45) is 12.8 Å². The van der Waals surface area contributed by atoms with E-state index in [9.17, 15) is 8.78 Å². The van der Waals surface area contributed by atoms with Crippen molar-refractivity contribution in [3.05, 3.63) is 36.0 Å². The number of hydrogen-bond donors (Lipinski definition) is 1. The minimum Gasteiger partial charge on any atom is -0.347 e. The number of hydrogen-bond acceptors (Lipinski definition) is 1. The maximum atomic E-state index is 13.6. The van der Waals surface area contributed by atoms with Gasteiger partial charge in [-0.15, -0.1) is 0 Å². The molecule has 1 aliphatic carbocycles. The molecule has 0 spiro atoms. The number of alkyl halides is 2. The highest BCUT2D eigenvalue weighted by atomic mass is 19.3. The average molecular weight is 236 g/mol. The number of halogens is 2. The van der Waals surface area contributed by atoms with Crippen LogP contribution >= 0.6 is 0 Å². The standard InChI is InChI=1S/C13H14F2N2/c1-17-10-5-3-2-4-9(10)6-11(17)12(8-16)7-13(12,14)15/h2-6H,7-8,16H2,1H3. The average Bonchev–Trinajstić information content (AvgIpc) is 2.72. The third-order valence-corrected chi connectivity index (χ3v) is 3.89. The molecule has 1 aromatic heterocycles. The van der Waals surface area contributed by atoms with Gasteiger partial charge in [0, 0.05) is 31.2 Å². The molecule has 17 heavy (non-hydrogen) atoms. The second-order valence-electron chi connectivity index (χ2n) is 4.81. The van der Waals surface area contributed by atoms with Crippen molar-refractivity contribution in [1.29, 1.82) is 0 Å². The highest BCUT2D eigenvalue weighted by molar-refractivity contribution is 5.82. The number of rotatable bonds is 2. The molecular weight excluding hydrogens is 222 g/mol. The molecule has 0 saturated heterocycles. The minimum atomic E-state index is -2.66. The molecule has 1 fully saturated rings. The summed E-state index contributed by atoms with van der Waals surface area (Å²) in [5.74, 6) is -2.66. The molecule has 3 rings (SSSR count). The summed E-state index contributed by atoms with van der Waals surface area (Å²) in [6.45, 7) is -0.00976. The van der Waals surface area contributed by atoms with Gasteiger partial charge in [0.25, 0.3) is 5.92 Å². The molecule has 1 aromatic carbocycles. The Kier molecular flexibility index (Phi) is 1.94. The Hall–Kier alpha value is -1.42. The lowest BCUT2D eigenvalue weighted by atomic mass is 10.0. The molecule has 0 bridgehead atoms. The van der Waals surface area contributed by atoms with Crippen LogP contribution in [0.2, 0.25) is 0 Å². The van der Waals surface area contributed by atoms with E-state index in [1.54, 1.807) is 0 Å². The molecule has 2 nitrogen and oxygen atoms in total. The summed E-state index contributed by atoms with van der Waals surface area (Å²) in [6.07, 6.45) is -0.138. The monoisotopic (exact) mass is 236 g/mol. The summed E-state index contributed by atoms with van der Waals surface area (Å²) in [7, 11) is 1.82. The van der Waals surface area contributed by atoms with Crippen LogP contribution in [0.1, 0.15) is 12.1 Å². The number of nitrogens with two attached hydrogens (primary N) is 1. The predicted molar refractivity (Wildman–Crippen MR) is 63.2 cm³/mol. The van der Waals surface area contributed by atoms with Gasteiger partial charge < -0.3 is 10.3 Å². The predicted octanol–water partition coefficient (Wildman–Crippen LogP) is 2.41. The SMILES string of the molecule is Cn1c(C2(CN)CC2(F)F)cc2ccccc21. The van der Waals surface area contributed by atoms with Crippen LogP contribution < -0.4 is 5.73 Å².